The van der Waals surface area contributed by atoms with Crippen LogP contribution in [-0.4, -0.2) is 17.4 Å². The molecule has 1 aliphatic carbocycles. The van der Waals surface area contributed by atoms with Crippen molar-refractivity contribution < 1.29 is 4.79 Å². The zero-order chi connectivity index (χ0) is 14.2. The van der Waals surface area contributed by atoms with Crippen molar-refractivity contribution in [2.24, 2.45) is 0 Å². The van der Waals surface area contributed by atoms with E-state index in [9.17, 15) is 4.79 Å². The number of hydrogen-bond acceptors (Lipinski definition) is 5. The van der Waals surface area contributed by atoms with Crippen molar-refractivity contribution in [1.82, 2.24) is 10.3 Å². The van der Waals surface area contributed by atoms with Crippen LogP contribution in [0.3, 0.4) is 0 Å². The molecule has 0 fully saturated rings. The van der Waals surface area contributed by atoms with Gasteiger partial charge in [-0.25, -0.2) is 4.98 Å². The number of thiazole rings is 1. The predicted octanol–water partition coefficient (Wildman–Crippen LogP) is 2.91. The molecule has 1 aliphatic heterocycles. The fourth-order valence-corrected chi connectivity index (χ4v) is 5.10. The minimum Gasteiger partial charge on any atom is -0.311 e. The van der Waals surface area contributed by atoms with E-state index in [-0.39, 0.29) is 11.8 Å². The van der Waals surface area contributed by atoms with Crippen LogP contribution in [0.15, 0.2) is 11.4 Å². The van der Waals surface area contributed by atoms with Crippen LogP contribution in [0.5, 0.6) is 0 Å². The number of hydrogen-bond donors (Lipinski definition) is 2. The summed E-state index contributed by atoms with van der Waals surface area (Å²) in [6.07, 6.45) is 4.12. The van der Waals surface area contributed by atoms with Gasteiger partial charge in [0.1, 0.15) is 0 Å². The fourth-order valence-electron chi connectivity index (χ4n) is 3.13. The third kappa shape index (κ3) is 2.52. The normalized spacial score (nSPS) is 20.7. The molecule has 3 heterocycles. The molecule has 0 spiro atoms. The Labute approximate surface area is 131 Å². The van der Waals surface area contributed by atoms with E-state index in [1.807, 2.05) is 0 Å². The Hall–Kier alpha value is -1.24. The van der Waals surface area contributed by atoms with Gasteiger partial charge in [0.15, 0.2) is 5.13 Å². The van der Waals surface area contributed by atoms with Gasteiger partial charge in [0.05, 0.1) is 11.6 Å². The van der Waals surface area contributed by atoms with Gasteiger partial charge in [-0.2, -0.15) is 0 Å². The Bertz CT molecular complexity index is 653. The van der Waals surface area contributed by atoms with E-state index in [1.54, 1.807) is 22.7 Å². The van der Waals surface area contributed by atoms with Crippen LogP contribution in [-0.2, 0) is 24.2 Å². The van der Waals surface area contributed by atoms with Crippen LogP contribution in [0, 0.1) is 0 Å². The number of aromatic nitrogens is 1. The zero-order valence-electron chi connectivity index (χ0n) is 11.6. The zero-order valence-corrected chi connectivity index (χ0v) is 13.3. The lowest BCUT2D eigenvalue weighted by Crippen LogP contribution is -2.24. The molecule has 1 amide bonds. The summed E-state index contributed by atoms with van der Waals surface area (Å²) in [4.78, 5) is 19.8. The van der Waals surface area contributed by atoms with E-state index >= 15 is 0 Å². The first-order valence-electron chi connectivity index (χ1n) is 7.37. The molecule has 0 saturated carbocycles. The van der Waals surface area contributed by atoms with E-state index in [4.69, 9.17) is 0 Å². The number of thiophene rings is 1. The summed E-state index contributed by atoms with van der Waals surface area (Å²) in [6, 6.07) is 2.11. The first kappa shape index (κ1) is 13.4. The average molecular weight is 319 g/mol. The van der Waals surface area contributed by atoms with Gasteiger partial charge in [0, 0.05) is 29.3 Å². The lowest BCUT2D eigenvalue weighted by Gasteiger charge is -2.21. The first-order valence-corrected chi connectivity index (χ1v) is 9.07. The lowest BCUT2D eigenvalue weighted by atomic mass is 9.87. The van der Waals surface area contributed by atoms with Crippen molar-refractivity contribution in [3.8, 4) is 0 Å². The van der Waals surface area contributed by atoms with Crippen LogP contribution >= 0.6 is 22.7 Å². The highest BCUT2D eigenvalue weighted by molar-refractivity contribution is 7.15. The smallest absolute Gasteiger partial charge is 0.233 e. The van der Waals surface area contributed by atoms with Crippen LogP contribution in [0.25, 0.3) is 0 Å². The maximum absolute atomic E-state index is 12.6. The van der Waals surface area contributed by atoms with Crippen molar-refractivity contribution in [2.75, 3.05) is 11.9 Å². The number of carbonyl (C=O) groups excluding carboxylic acids is 1. The Kier molecular flexibility index (Phi) is 3.52. The molecule has 1 unspecified atom stereocenters. The first-order chi connectivity index (χ1) is 10.3. The van der Waals surface area contributed by atoms with Crippen LogP contribution in [0.1, 0.15) is 39.8 Å². The van der Waals surface area contributed by atoms with Gasteiger partial charge in [-0.05, 0) is 36.3 Å². The molecule has 2 aromatic heterocycles. The molecular weight excluding hydrogens is 302 g/mol. The van der Waals surface area contributed by atoms with Crippen molar-refractivity contribution >= 4 is 33.7 Å². The second kappa shape index (κ2) is 5.51. The third-order valence-electron chi connectivity index (χ3n) is 4.20. The second-order valence-electron chi connectivity index (χ2n) is 5.55. The van der Waals surface area contributed by atoms with Gasteiger partial charge in [-0.15, -0.1) is 22.7 Å². The maximum atomic E-state index is 12.6. The number of carbonyl (C=O) groups is 1. The lowest BCUT2D eigenvalue weighted by molar-refractivity contribution is -0.117. The van der Waals surface area contributed by atoms with Gasteiger partial charge < -0.3 is 10.6 Å². The molecule has 21 heavy (non-hydrogen) atoms. The predicted molar refractivity (Wildman–Crippen MR) is 86.2 cm³/mol. The summed E-state index contributed by atoms with van der Waals surface area (Å²) >= 11 is 3.38. The van der Waals surface area contributed by atoms with E-state index in [0.717, 1.165) is 49.6 Å². The minimum absolute atomic E-state index is 0.000877. The average Bonchev–Trinajstić information content (AvgIpc) is 3.12. The number of nitrogens with one attached hydrogen (secondary N) is 2. The molecule has 110 valence electrons. The maximum Gasteiger partial charge on any atom is 0.233 e. The highest BCUT2D eigenvalue weighted by atomic mass is 32.1. The van der Waals surface area contributed by atoms with Crippen molar-refractivity contribution in [3.05, 3.63) is 32.5 Å². The molecule has 0 aromatic carbocycles. The molecule has 4 nitrogen and oxygen atoms in total. The number of fused-ring (bicyclic) bond motifs is 2. The summed E-state index contributed by atoms with van der Waals surface area (Å²) in [5.74, 6) is 0.104. The molecule has 1 atom stereocenters. The second-order valence-corrected chi connectivity index (χ2v) is 7.63. The molecular formula is C15H17N3OS2. The topological polar surface area (TPSA) is 54.0 Å². The summed E-state index contributed by atoms with van der Waals surface area (Å²) < 4.78 is 0. The van der Waals surface area contributed by atoms with E-state index in [1.165, 1.54) is 15.3 Å². The molecule has 0 radical (unpaired) electrons. The SMILES string of the molecule is O=C(Nc1nc2c(s1)CNCC2)C1CCCc2sccc21. The number of nitrogens with zero attached hydrogens (tertiary/aromatic N) is 1. The molecule has 0 bridgehead atoms. The third-order valence-corrected chi connectivity index (χ3v) is 6.21. The van der Waals surface area contributed by atoms with Crippen molar-refractivity contribution in [1.29, 1.82) is 0 Å². The quantitative estimate of drug-likeness (QED) is 0.895. The van der Waals surface area contributed by atoms with Crippen LogP contribution in [0.2, 0.25) is 0 Å². The molecule has 4 rings (SSSR count). The van der Waals surface area contributed by atoms with Gasteiger partial charge in [-0.1, -0.05) is 0 Å². The van der Waals surface area contributed by atoms with E-state index < -0.39 is 0 Å². The Morgan fingerprint density at radius 3 is 3.24 bits per heavy atom. The van der Waals surface area contributed by atoms with Crippen LogP contribution < -0.4 is 10.6 Å². The Balaban J connectivity index is 1.53. The summed E-state index contributed by atoms with van der Waals surface area (Å²) in [5, 5.41) is 9.25. The molecule has 2 aliphatic rings. The highest BCUT2D eigenvalue weighted by Crippen LogP contribution is 2.36. The van der Waals surface area contributed by atoms with E-state index in [2.05, 4.69) is 27.1 Å². The van der Waals surface area contributed by atoms with Crippen molar-refractivity contribution in [2.45, 2.75) is 38.1 Å². The summed E-state index contributed by atoms with van der Waals surface area (Å²) in [5.41, 5.74) is 2.38. The van der Waals surface area contributed by atoms with Gasteiger partial charge in [0.25, 0.3) is 0 Å². The van der Waals surface area contributed by atoms with Gasteiger partial charge >= 0.3 is 0 Å². The highest BCUT2D eigenvalue weighted by Gasteiger charge is 2.28. The van der Waals surface area contributed by atoms with Gasteiger partial charge in [-0.3, -0.25) is 4.79 Å². The monoisotopic (exact) mass is 319 g/mol. The Morgan fingerprint density at radius 2 is 2.33 bits per heavy atom. The largest absolute Gasteiger partial charge is 0.311 e. The van der Waals surface area contributed by atoms with Gasteiger partial charge in [0.2, 0.25) is 5.91 Å². The number of anilines is 1. The molecule has 2 aromatic rings. The number of aryl methyl sites for hydroxylation is 1. The number of amides is 1. The van der Waals surface area contributed by atoms with E-state index in [0.29, 0.717) is 0 Å². The molecule has 2 N–H and O–H groups in total. The van der Waals surface area contributed by atoms with Crippen LogP contribution in [0.4, 0.5) is 5.13 Å². The summed E-state index contributed by atoms with van der Waals surface area (Å²) in [6.45, 7) is 1.85. The molecule has 0 saturated heterocycles. The fraction of sp³-hybridized carbons (Fsp3) is 0.467. The van der Waals surface area contributed by atoms with Crippen molar-refractivity contribution in [3.63, 3.8) is 0 Å². The summed E-state index contributed by atoms with van der Waals surface area (Å²) in [7, 11) is 0. The number of rotatable bonds is 2. The standard InChI is InChI=1S/C15H17N3OS2/c19-14(10-2-1-3-12-9(10)5-7-20-12)18-15-17-11-4-6-16-8-13(11)21-15/h5,7,10,16H,1-4,6,8H2,(H,17,18,19). The minimum atomic E-state index is -0.000877. The molecule has 6 heteroatoms. The Morgan fingerprint density at radius 1 is 1.38 bits per heavy atom.